The van der Waals surface area contributed by atoms with Crippen LogP contribution in [0.3, 0.4) is 0 Å². The van der Waals surface area contributed by atoms with Gasteiger partial charge in [-0.05, 0) is 85.4 Å². The van der Waals surface area contributed by atoms with Crippen LogP contribution in [0.25, 0.3) is 5.69 Å². The zero-order valence-electron chi connectivity index (χ0n) is 22.3. The summed E-state index contributed by atoms with van der Waals surface area (Å²) >= 11 is 5.89. The van der Waals surface area contributed by atoms with Crippen molar-refractivity contribution < 1.29 is 19.1 Å². The lowest BCUT2D eigenvalue weighted by Gasteiger charge is -2.29. The van der Waals surface area contributed by atoms with E-state index in [4.69, 9.17) is 21.7 Å². The third-order valence-corrected chi connectivity index (χ3v) is 7.08. The van der Waals surface area contributed by atoms with E-state index in [2.05, 4.69) is 20.5 Å². The highest BCUT2D eigenvalue weighted by molar-refractivity contribution is 7.80. The lowest BCUT2D eigenvalue weighted by atomic mass is 10.00. The molecule has 10 heteroatoms. The number of thiocarbonyl (C=S) groups is 1. The number of pyridine rings is 1. The Kier molecular flexibility index (Phi) is 7.90. The summed E-state index contributed by atoms with van der Waals surface area (Å²) in [4.78, 5) is 31.1. The molecule has 1 aliphatic rings. The van der Waals surface area contributed by atoms with Crippen LogP contribution in [-0.2, 0) is 14.3 Å². The van der Waals surface area contributed by atoms with Gasteiger partial charge in [-0.1, -0.05) is 12.1 Å². The highest BCUT2D eigenvalue weighted by atomic mass is 32.1. The molecular weight excluding hydrogens is 526 g/mol. The van der Waals surface area contributed by atoms with Crippen LogP contribution in [0.15, 0.2) is 85.2 Å². The summed E-state index contributed by atoms with van der Waals surface area (Å²) in [6.45, 7) is 1.91. The number of esters is 1. The number of aryl methyl sites for hydroxylation is 1. The summed E-state index contributed by atoms with van der Waals surface area (Å²) in [6, 6.07) is 22.4. The molecule has 2 atom stereocenters. The Morgan fingerprint density at radius 3 is 2.60 bits per heavy atom. The lowest BCUT2D eigenvalue weighted by molar-refractivity contribution is -0.119. The minimum atomic E-state index is -0.402. The van der Waals surface area contributed by atoms with Crippen molar-refractivity contribution in [2.75, 3.05) is 31.0 Å². The van der Waals surface area contributed by atoms with Crippen LogP contribution in [0.5, 0.6) is 0 Å². The Bertz CT molecular complexity index is 1550. The minimum absolute atomic E-state index is 0.0245. The van der Waals surface area contributed by atoms with Crippen molar-refractivity contribution in [1.82, 2.24) is 14.9 Å². The van der Waals surface area contributed by atoms with E-state index in [1.807, 2.05) is 78.4 Å². The molecule has 5 rings (SSSR count). The van der Waals surface area contributed by atoms with Crippen molar-refractivity contribution in [3.63, 3.8) is 0 Å². The molecular formula is C30H29N5O4S. The van der Waals surface area contributed by atoms with E-state index >= 15 is 0 Å². The fourth-order valence-electron chi connectivity index (χ4n) is 4.96. The van der Waals surface area contributed by atoms with E-state index in [0.29, 0.717) is 16.4 Å². The number of aromatic nitrogens is 2. The third kappa shape index (κ3) is 5.31. The normalized spacial score (nSPS) is 16.5. The van der Waals surface area contributed by atoms with Gasteiger partial charge < -0.3 is 29.6 Å². The molecule has 1 amide bonds. The summed E-state index contributed by atoms with van der Waals surface area (Å²) in [5.74, 6) is -0.628. The summed E-state index contributed by atoms with van der Waals surface area (Å²) < 4.78 is 11.9. The molecule has 0 bridgehead atoms. The maximum atomic E-state index is 12.2. The highest BCUT2D eigenvalue weighted by Crippen LogP contribution is 2.43. The first-order valence-corrected chi connectivity index (χ1v) is 13.1. The monoisotopic (exact) mass is 555 g/mol. The third-order valence-electron chi connectivity index (χ3n) is 6.76. The number of hydrogen-bond acceptors (Lipinski definition) is 6. The number of ether oxygens (including phenoxy) is 2. The van der Waals surface area contributed by atoms with E-state index in [9.17, 15) is 9.59 Å². The first kappa shape index (κ1) is 27.0. The molecule has 40 heavy (non-hydrogen) atoms. The molecule has 0 unspecified atom stereocenters. The molecule has 0 spiro atoms. The maximum Gasteiger partial charge on any atom is 0.337 e. The SMILES string of the molecule is COCC(=O)Nc1ccc(N2C(=S)N[C@H](c3ccccn3)[C@@H]2c2cccn2-c2cccc(C(=O)OC)c2)cc1C. The van der Waals surface area contributed by atoms with E-state index in [1.54, 1.807) is 18.3 Å². The smallest absolute Gasteiger partial charge is 0.337 e. The van der Waals surface area contributed by atoms with Crippen LogP contribution >= 0.6 is 12.2 Å². The molecule has 1 saturated heterocycles. The Hall–Kier alpha value is -4.54. The number of nitrogens with one attached hydrogen (secondary N) is 2. The standard InChI is InChI=1S/C30H29N5O4S/c1-19-16-22(12-13-23(19)32-26(36)18-38-2)35-28(27(33-30(35)40)24-10-4-5-14-31-24)25-11-7-15-34(25)21-9-6-8-20(17-21)29(37)39-3/h4-17,27-28H,18H2,1-3H3,(H,32,36)(H,33,40)/t27-,28+/m1/s1. The zero-order valence-corrected chi connectivity index (χ0v) is 23.1. The fraction of sp³-hybridized carbons (Fsp3) is 0.200. The molecule has 4 aromatic rings. The van der Waals surface area contributed by atoms with Crippen molar-refractivity contribution in [3.8, 4) is 5.69 Å². The number of amides is 1. The van der Waals surface area contributed by atoms with Gasteiger partial charge in [0.2, 0.25) is 5.91 Å². The zero-order chi connectivity index (χ0) is 28.2. The summed E-state index contributed by atoms with van der Waals surface area (Å²) in [6.07, 6.45) is 3.72. The number of carbonyl (C=O) groups is 2. The molecule has 3 heterocycles. The number of hydrogen-bond donors (Lipinski definition) is 2. The second kappa shape index (κ2) is 11.7. The van der Waals surface area contributed by atoms with Crippen molar-refractivity contribution in [3.05, 3.63) is 108 Å². The quantitative estimate of drug-likeness (QED) is 0.238. The molecule has 2 aromatic carbocycles. The van der Waals surface area contributed by atoms with Gasteiger partial charge in [0.15, 0.2) is 5.11 Å². The van der Waals surface area contributed by atoms with Crippen LogP contribution in [0.1, 0.15) is 39.4 Å². The molecule has 0 saturated carbocycles. The Balaban J connectivity index is 1.59. The Morgan fingerprint density at radius 2 is 1.88 bits per heavy atom. The first-order chi connectivity index (χ1) is 19.4. The van der Waals surface area contributed by atoms with Gasteiger partial charge in [0.25, 0.3) is 0 Å². The van der Waals surface area contributed by atoms with Crippen LogP contribution in [0.4, 0.5) is 11.4 Å². The topological polar surface area (TPSA) is 97.7 Å². The summed E-state index contributed by atoms with van der Waals surface area (Å²) in [7, 11) is 2.85. The molecule has 2 N–H and O–H groups in total. The number of rotatable bonds is 8. The second-order valence-electron chi connectivity index (χ2n) is 9.32. The van der Waals surface area contributed by atoms with E-state index in [-0.39, 0.29) is 24.6 Å². The second-order valence-corrected chi connectivity index (χ2v) is 9.71. The van der Waals surface area contributed by atoms with E-state index in [0.717, 1.165) is 28.3 Å². The van der Waals surface area contributed by atoms with Gasteiger partial charge in [0.1, 0.15) is 12.6 Å². The molecule has 2 aromatic heterocycles. The number of anilines is 2. The van der Waals surface area contributed by atoms with Crippen LogP contribution in [0, 0.1) is 6.92 Å². The van der Waals surface area contributed by atoms with Crippen LogP contribution in [0.2, 0.25) is 0 Å². The van der Waals surface area contributed by atoms with Crippen LogP contribution in [-0.4, -0.2) is 47.4 Å². The van der Waals surface area contributed by atoms with Crippen molar-refractivity contribution >= 4 is 40.6 Å². The van der Waals surface area contributed by atoms with Gasteiger partial charge in [0, 0.05) is 42.3 Å². The van der Waals surface area contributed by atoms with Gasteiger partial charge in [-0.3, -0.25) is 9.78 Å². The highest BCUT2D eigenvalue weighted by Gasteiger charge is 2.42. The number of carbonyl (C=O) groups excluding carboxylic acids is 2. The molecule has 0 radical (unpaired) electrons. The van der Waals surface area contributed by atoms with Crippen molar-refractivity contribution in [2.45, 2.75) is 19.0 Å². The van der Waals surface area contributed by atoms with Gasteiger partial charge in [-0.2, -0.15) is 0 Å². The fourth-order valence-corrected chi connectivity index (χ4v) is 5.31. The van der Waals surface area contributed by atoms with Crippen molar-refractivity contribution in [1.29, 1.82) is 0 Å². The molecule has 1 aliphatic heterocycles. The Labute approximate surface area is 237 Å². The van der Waals surface area contributed by atoms with E-state index in [1.165, 1.54) is 14.2 Å². The van der Waals surface area contributed by atoms with Crippen LogP contribution < -0.4 is 15.5 Å². The van der Waals surface area contributed by atoms with Gasteiger partial charge in [0.05, 0.1) is 24.4 Å². The number of methoxy groups -OCH3 is 2. The molecule has 204 valence electrons. The van der Waals surface area contributed by atoms with Gasteiger partial charge in [-0.25, -0.2) is 4.79 Å². The number of nitrogens with zero attached hydrogens (tertiary/aromatic N) is 3. The average Bonchev–Trinajstić information content (AvgIpc) is 3.58. The lowest BCUT2D eigenvalue weighted by Crippen LogP contribution is -2.30. The Morgan fingerprint density at radius 1 is 1.02 bits per heavy atom. The number of benzene rings is 2. The van der Waals surface area contributed by atoms with E-state index < -0.39 is 5.97 Å². The predicted molar refractivity (Wildman–Crippen MR) is 157 cm³/mol. The van der Waals surface area contributed by atoms with Gasteiger partial charge in [-0.15, -0.1) is 0 Å². The predicted octanol–water partition coefficient (Wildman–Crippen LogP) is 4.73. The summed E-state index contributed by atoms with van der Waals surface area (Å²) in [5, 5.41) is 6.91. The first-order valence-electron chi connectivity index (χ1n) is 12.7. The summed E-state index contributed by atoms with van der Waals surface area (Å²) in [5.41, 5.74) is 5.50. The molecule has 0 aliphatic carbocycles. The average molecular weight is 556 g/mol. The minimum Gasteiger partial charge on any atom is -0.465 e. The van der Waals surface area contributed by atoms with Gasteiger partial charge >= 0.3 is 5.97 Å². The molecule has 9 nitrogen and oxygen atoms in total. The van der Waals surface area contributed by atoms with Crippen molar-refractivity contribution in [2.24, 2.45) is 0 Å². The molecule has 1 fully saturated rings. The maximum absolute atomic E-state index is 12.2. The largest absolute Gasteiger partial charge is 0.465 e.